The first kappa shape index (κ1) is 12.3. The number of allylic oxidation sites excluding steroid dienone is 1. The molecule has 1 aromatic carbocycles. The molecule has 0 fully saturated rings. The van der Waals surface area contributed by atoms with E-state index in [9.17, 15) is 0 Å². The van der Waals surface area contributed by atoms with Crippen molar-refractivity contribution >= 4 is 17.7 Å². The molecule has 0 bridgehead atoms. The van der Waals surface area contributed by atoms with E-state index in [2.05, 4.69) is 52.0 Å². The second-order valence-corrected chi connectivity index (χ2v) is 4.56. The molecule has 0 saturated heterocycles. The molecule has 0 saturated carbocycles. The van der Waals surface area contributed by atoms with Crippen LogP contribution in [0.3, 0.4) is 0 Å². The Hall–Kier alpha value is -0.750. The van der Waals surface area contributed by atoms with Crippen molar-refractivity contribution in [3.05, 3.63) is 40.5 Å². The van der Waals surface area contributed by atoms with Gasteiger partial charge in [-0.1, -0.05) is 43.7 Å². The van der Waals surface area contributed by atoms with E-state index in [4.69, 9.17) is 11.6 Å². The van der Waals surface area contributed by atoms with Crippen LogP contribution in [0.25, 0.3) is 6.08 Å². The highest BCUT2D eigenvalue weighted by Gasteiger charge is 2.03. The van der Waals surface area contributed by atoms with Crippen LogP contribution in [0.4, 0.5) is 0 Å². The summed E-state index contributed by atoms with van der Waals surface area (Å²) >= 11 is 5.94. The average molecular weight is 223 g/mol. The first-order chi connectivity index (χ1) is 7.06. The van der Waals surface area contributed by atoms with Gasteiger partial charge in [-0.15, -0.1) is 11.6 Å². The Morgan fingerprint density at radius 1 is 1.33 bits per heavy atom. The summed E-state index contributed by atoms with van der Waals surface area (Å²) in [7, 11) is 0. The Bertz CT molecular complexity index is 362. The van der Waals surface area contributed by atoms with Crippen molar-refractivity contribution in [2.75, 3.05) is 5.88 Å². The van der Waals surface area contributed by atoms with Gasteiger partial charge in [0.25, 0.3) is 0 Å². The third-order valence-electron chi connectivity index (χ3n) is 2.88. The molecule has 0 aliphatic rings. The lowest BCUT2D eigenvalue weighted by atomic mass is 9.97. The lowest BCUT2D eigenvalue weighted by molar-refractivity contribution is 0.778. The van der Waals surface area contributed by atoms with Gasteiger partial charge in [0.2, 0.25) is 0 Å². The predicted octanol–water partition coefficient (Wildman–Crippen LogP) is 4.58. The fourth-order valence-electron chi connectivity index (χ4n) is 1.49. The smallest absolute Gasteiger partial charge is 0.0439 e. The largest absolute Gasteiger partial charge is 0.122 e. The van der Waals surface area contributed by atoms with E-state index in [1.54, 1.807) is 0 Å². The molecule has 0 atom stereocenters. The highest BCUT2D eigenvalue weighted by atomic mass is 35.5. The van der Waals surface area contributed by atoms with Gasteiger partial charge >= 0.3 is 0 Å². The zero-order valence-corrected chi connectivity index (χ0v) is 10.7. The van der Waals surface area contributed by atoms with Gasteiger partial charge in [0, 0.05) is 5.88 Å². The maximum absolute atomic E-state index is 5.94. The number of hydrogen-bond donors (Lipinski definition) is 0. The minimum Gasteiger partial charge on any atom is -0.122 e. The molecule has 0 nitrogen and oxygen atoms in total. The molecule has 0 spiro atoms. The fraction of sp³-hybridized carbons (Fsp3) is 0.429. The zero-order valence-electron chi connectivity index (χ0n) is 9.97. The van der Waals surface area contributed by atoms with Crippen LogP contribution >= 0.6 is 11.6 Å². The number of benzene rings is 1. The van der Waals surface area contributed by atoms with Gasteiger partial charge in [-0.2, -0.15) is 0 Å². The molecule has 1 rings (SSSR count). The summed E-state index contributed by atoms with van der Waals surface area (Å²) in [6.45, 7) is 8.66. The van der Waals surface area contributed by atoms with Crippen LogP contribution in [0.5, 0.6) is 0 Å². The van der Waals surface area contributed by atoms with Crippen LogP contribution < -0.4 is 0 Å². The summed E-state index contributed by atoms with van der Waals surface area (Å²) in [5.74, 6) is 1.13. The summed E-state index contributed by atoms with van der Waals surface area (Å²) in [5.41, 5.74) is 5.27. The second kappa shape index (κ2) is 5.37. The molecule has 0 N–H and O–H groups in total. The number of alkyl halides is 1. The zero-order chi connectivity index (χ0) is 11.4. The Morgan fingerprint density at radius 2 is 2.00 bits per heavy atom. The molecule has 15 heavy (non-hydrogen) atoms. The van der Waals surface area contributed by atoms with Gasteiger partial charge in [-0.25, -0.2) is 0 Å². The molecule has 0 aromatic heterocycles. The molecule has 0 aliphatic carbocycles. The molecule has 82 valence electrons. The summed E-state index contributed by atoms with van der Waals surface area (Å²) in [5, 5.41) is 0. The average Bonchev–Trinajstić information content (AvgIpc) is 2.19. The first-order valence-electron chi connectivity index (χ1n) is 5.39. The molecule has 0 radical (unpaired) electrons. The lowest BCUT2D eigenvalue weighted by Gasteiger charge is -2.10. The maximum atomic E-state index is 5.94. The van der Waals surface area contributed by atoms with Crippen LogP contribution in [0.15, 0.2) is 23.8 Å². The highest BCUT2D eigenvalue weighted by molar-refractivity contribution is 6.19. The minimum atomic E-state index is 0.516. The molecule has 1 heteroatoms. The predicted molar refractivity (Wildman–Crippen MR) is 69.5 cm³/mol. The van der Waals surface area contributed by atoms with E-state index in [0.29, 0.717) is 11.8 Å². The molecular weight excluding hydrogens is 204 g/mol. The van der Waals surface area contributed by atoms with Crippen molar-refractivity contribution in [2.45, 2.75) is 27.7 Å². The van der Waals surface area contributed by atoms with Crippen LogP contribution in [0, 0.1) is 19.8 Å². The number of aryl methyl sites for hydroxylation is 1. The van der Waals surface area contributed by atoms with E-state index >= 15 is 0 Å². The van der Waals surface area contributed by atoms with E-state index in [1.807, 2.05) is 0 Å². The quantitative estimate of drug-likeness (QED) is 0.657. The van der Waals surface area contributed by atoms with Crippen molar-refractivity contribution in [3.8, 4) is 0 Å². The highest BCUT2D eigenvalue weighted by Crippen LogP contribution is 2.20. The van der Waals surface area contributed by atoms with Crippen molar-refractivity contribution in [2.24, 2.45) is 5.92 Å². The molecular formula is C14H19Cl. The van der Waals surface area contributed by atoms with Gasteiger partial charge in [-0.3, -0.25) is 0 Å². The van der Waals surface area contributed by atoms with Gasteiger partial charge < -0.3 is 0 Å². The normalized spacial score (nSPS) is 12.3. The van der Waals surface area contributed by atoms with Gasteiger partial charge in [0.15, 0.2) is 0 Å². The van der Waals surface area contributed by atoms with Crippen molar-refractivity contribution in [1.82, 2.24) is 0 Å². The summed E-state index contributed by atoms with van der Waals surface area (Å²) < 4.78 is 0. The van der Waals surface area contributed by atoms with Crippen LogP contribution in [0.2, 0.25) is 0 Å². The van der Waals surface area contributed by atoms with Crippen LogP contribution in [-0.4, -0.2) is 5.88 Å². The van der Waals surface area contributed by atoms with Gasteiger partial charge in [0.05, 0.1) is 0 Å². The van der Waals surface area contributed by atoms with Crippen LogP contribution in [0.1, 0.15) is 30.5 Å². The minimum absolute atomic E-state index is 0.516. The number of rotatable bonds is 3. The SMILES string of the molecule is Cc1cccc(C=C(CCl)C(C)C)c1C. The lowest BCUT2D eigenvalue weighted by Crippen LogP contribution is -1.96. The Balaban J connectivity index is 3.11. The van der Waals surface area contributed by atoms with E-state index in [-0.39, 0.29) is 0 Å². The Morgan fingerprint density at radius 3 is 2.53 bits per heavy atom. The monoisotopic (exact) mass is 222 g/mol. The standard InChI is InChI=1S/C14H19Cl/c1-10(2)14(9-15)8-13-7-5-6-11(3)12(13)4/h5-8,10H,9H2,1-4H3. The molecule has 0 aliphatic heterocycles. The Kier molecular flexibility index (Phi) is 4.41. The molecule has 0 heterocycles. The summed E-state index contributed by atoms with van der Waals surface area (Å²) in [4.78, 5) is 0. The van der Waals surface area contributed by atoms with E-state index in [0.717, 1.165) is 0 Å². The van der Waals surface area contributed by atoms with Gasteiger partial charge in [-0.05, 0) is 36.5 Å². The van der Waals surface area contributed by atoms with Crippen LogP contribution in [-0.2, 0) is 0 Å². The summed E-state index contributed by atoms with van der Waals surface area (Å²) in [6, 6.07) is 6.39. The van der Waals surface area contributed by atoms with Gasteiger partial charge in [0.1, 0.15) is 0 Å². The Labute approximate surface area is 98.0 Å². The third kappa shape index (κ3) is 3.10. The van der Waals surface area contributed by atoms with E-state index in [1.165, 1.54) is 22.3 Å². The number of hydrogen-bond acceptors (Lipinski definition) is 0. The topological polar surface area (TPSA) is 0 Å². The van der Waals surface area contributed by atoms with Crippen molar-refractivity contribution < 1.29 is 0 Å². The maximum Gasteiger partial charge on any atom is 0.0439 e. The third-order valence-corrected chi connectivity index (χ3v) is 3.19. The summed E-state index contributed by atoms with van der Waals surface area (Å²) in [6.07, 6.45) is 2.22. The molecule has 0 amide bonds. The van der Waals surface area contributed by atoms with Crippen molar-refractivity contribution in [3.63, 3.8) is 0 Å². The molecule has 0 unspecified atom stereocenters. The number of halogens is 1. The second-order valence-electron chi connectivity index (χ2n) is 4.30. The van der Waals surface area contributed by atoms with Crippen molar-refractivity contribution in [1.29, 1.82) is 0 Å². The first-order valence-corrected chi connectivity index (χ1v) is 5.92. The van der Waals surface area contributed by atoms with E-state index < -0.39 is 0 Å². The fourth-order valence-corrected chi connectivity index (χ4v) is 1.88. The molecule has 1 aromatic rings.